The van der Waals surface area contributed by atoms with E-state index in [1.165, 1.54) is 18.3 Å². The van der Waals surface area contributed by atoms with E-state index in [1.807, 2.05) is 36.4 Å². The van der Waals surface area contributed by atoms with Crippen molar-refractivity contribution in [2.45, 2.75) is 13.3 Å². The average molecular weight is 355 g/mol. The molecule has 0 atom stereocenters. The van der Waals surface area contributed by atoms with E-state index >= 15 is 0 Å². The van der Waals surface area contributed by atoms with Gasteiger partial charge in [-0.3, -0.25) is 9.59 Å². The van der Waals surface area contributed by atoms with Gasteiger partial charge in [0.2, 0.25) is 11.8 Å². The number of carbonyl (C=O) groups excluding carboxylic acids is 2. The van der Waals surface area contributed by atoms with E-state index in [0.29, 0.717) is 10.8 Å². The van der Waals surface area contributed by atoms with Crippen molar-refractivity contribution in [3.63, 3.8) is 0 Å². The van der Waals surface area contributed by atoms with E-state index in [1.54, 1.807) is 13.2 Å². The van der Waals surface area contributed by atoms with Gasteiger partial charge in [0.25, 0.3) is 0 Å². The number of hydrogen-bond acceptors (Lipinski definition) is 5. The molecule has 25 heavy (non-hydrogen) atoms. The van der Waals surface area contributed by atoms with Crippen LogP contribution >= 0.6 is 11.3 Å². The van der Waals surface area contributed by atoms with Gasteiger partial charge >= 0.3 is 0 Å². The van der Waals surface area contributed by atoms with Crippen LogP contribution in [0.3, 0.4) is 0 Å². The van der Waals surface area contributed by atoms with Gasteiger partial charge in [0, 0.05) is 12.6 Å². The third-order valence-electron chi connectivity index (χ3n) is 3.45. The summed E-state index contributed by atoms with van der Waals surface area (Å²) in [6.07, 6.45) is 0.240. The van der Waals surface area contributed by atoms with Crippen LogP contribution in [0.4, 0.5) is 10.8 Å². The summed E-state index contributed by atoms with van der Waals surface area (Å²) in [6.45, 7) is 1.46. The number of fused-ring (bicyclic) bond motifs is 1. The molecule has 0 bridgehead atoms. The predicted octanol–water partition coefficient (Wildman–Crippen LogP) is 3.44. The molecule has 128 valence electrons. The molecular weight excluding hydrogens is 338 g/mol. The smallest absolute Gasteiger partial charge is 0.230 e. The number of amides is 2. The van der Waals surface area contributed by atoms with Gasteiger partial charge in [-0.15, -0.1) is 0 Å². The van der Waals surface area contributed by atoms with Crippen LogP contribution in [0, 0.1) is 0 Å². The summed E-state index contributed by atoms with van der Waals surface area (Å²) in [7, 11) is 1.59. The summed E-state index contributed by atoms with van der Waals surface area (Å²) in [5, 5.41) is 6.08. The molecule has 0 unspecified atom stereocenters. The first-order chi connectivity index (χ1) is 12.0. The lowest BCUT2D eigenvalue weighted by atomic mass is 10.1. The lowest BCUT2D eigenvalue weighted by Gasteiger charge is -2.04. The van der Waals surface area contributed by atoms with Crippen molar-refractivity contribution in [2.24, 2.45) is 0 Å². The molecule has 2 aromatic carbocycles. The summed E-state index contributed by atoms with van der Waals surface area (Å²) >= 11 is 1.37. The quantitative estimate of drug-likeness (QED) is 0.735. The molecule has 0 aliphatic rings. The van der Waals surface area contributed by atoms with Crippen molar-refractivity contribution in [3.8, 4) is 5.75 Å². The van der Waals surface area contributed by atoms with Crippen molar-refractivity contribution in [3.05, 3.63) is 48.0 Å². The molecule has 0 radical (unpaired) electrons. The maximum Gasteiger partial charge on any atom is 0.230 e. The number of thiazole rings is 1. The fraction of sp³-hybridized carbons (Fsp3) is 0.167. The average Bonchev–Trinajstić information content (AvgIpc) is 2.95. The SMILES string of the molecule is COc1cccc(CC(=O)Nc2nc3ccc(NC(C)=O)cc3s2)c1. The van der Waals surface area contributed by atoms with Gasteiger partial charge in [0.15, 0.2) is 5.13 Å². The van der Waals surface area contributed by atoms with Gasteiger partial charge < -0.3 is 15.4 Å². The molecule has 2 amide bonds. The lowest BCUT2D eigenvalue weighted by Crippen LogP contribution is -2.14. The van der Waals surface area contributed by atoms with Crippen LogP contribution in [0.1, 0.15) is 12.5 Å². The molecule has 6 nitrogen and oxygen atoms in total. The third kappa shape index (κ3) is 4.33. The molecule has 2 N–H and O–H groups in total. The number of hydrogen-bond donors (Lipinski definition) is 2. The number of anilines is 2. The summed E-state index contributed by atoms with van der Waals surface area (Å²) < 4.78 is 6.05. The van der Waals surface area contributed by atoms with E-state index < -0.39 is 0 Å². The van der Waals surface area contributed by atoms with Crippen molar-refractivity contribution < 1.29 is 14.3 Å². The molecule has 0 aliphatic carbocycles. The highest BCUT2D eigenvalue weighted by molar-refractivity contribution is 7.22. The Hall–Kier alpha value is -2.93. The highest BCUT2D eigenvalue weighted by Gasteiger charge is 2.10. The highest BCUT2D eigenvalue weighted by atomic mass is 32.1. The van der Waals surface area contributed by atoms with E-state index in [2.05, 4.69) is 15.6 Å². The molecule has 3 rings (SSSR count). The first kappa shape index (κ1) is 16.9. The van der Waals surface area contributed by atoms with E-state index in [-0.39, 0.29) is 18.2 Å². The summed E-state index contributed by atoms with van der Waals surface area (Å²) in [5.41, 5.74) is 2.35. The standard InChI is InChI=1S/C18H17N3O3S/c1-11(22)19-13-6-7-15-16(10-13)25-18(20-15)21-17(23)9-12-4-3-5-14(8-12)24-2/h3-8,10H,9H2,1-2H3,(H,19,22)(H,20,21,23). The Morgan fingerprint density at radius 3 is 2.76 bits per heavy atom. The van der Waals surface area contributed by atoms with Crippen LogP contribution in [-0.2, 0) is 16.0 Å². The Kier molecular flexibility index (Phi) is 4.95. The fourth-order valence-corrected chi connectivity index (χ4v) is 3.31. The lowest BCUT2D eigenvalue weighted by molar-refractivity contribution is -0.116. The van der Waals surface area contributed by atoms with Crippen LogP contribution in [0.15, 0.2) is 42.5 Å². The second-order valence-electron chi connectivity index (χ2n) is 5.46. The molecule has 1 heterocycles. The van der Waals surface area contributed by atoms with E-state index in [9.17, 15) is 9.59 Å². The Bertz CT molecular complexity index is 936. The van der Waals surface area contributed by atoms with Gasteiger partial charge in [0.05, 0.1) is 23.7 Å². The summed E-state index contributed by atoms with van der Waals surface area (Å²) in [5.74, 6) is 0.445. The van der Waals surface area contributed by atoms with Crippen molar-refractivity contribution in [1.82, 2.24) is 4.98 Å². The number of nitrogens with zero attached hydrogens (tertiary/aromatic N) is 1. The van der Waals surface area contributed by atoms with Gasteiger partial charge in [-0.1, -0.05) is 23.5 Å². The zero-order chi connectivity index (χ0) is 17.8. The molecule has 0 spiro atoms. The van der Waals surface area contributed by atoms with Crippen molar-refractivity contribution in [2.75, 3.05) is 17.7 Å². The van der Waals surface area contributed by atoms with E-state index in [4.69, 9.17) is 4.74 Å². The van der Waals surface area contributed by atoms with Gasteiger partial charge in [-0.2, -0.15) is 0 Å². The topological polar surface area (TPSA) is 80.3 Å². The fourth-order valence-electron chi connectivity index (χ4n) is 2.39. The molecule has 3 aromatic rings. The van der Waals surface area contributed by atoms with Crippen molar-refractivity contribution in [1.29, 1.82) is 0 Å². The summed E-state index contributed by atoms with van der Waals surface area (Å²) in [6, 6.07) is 12.8. The Morgan fingerprint density at radius 1 is 1.16 bits per heavy atom. The van der Waals surface area contributed by atoms with Crippen LogP contribution in [-0.4, -0.2) is 23.9 Å². The second kappa shape index (κ2) is 7.31. The molecule has 0 aliphatic heterocycles. The minimum absolute atomic E-state index is 0.129. The number of nitrogens with one attached hydrogen (secondary N) is 2. The molecule has 0 fully saturated rings. The maximum absolute atomic E-state index is 12.2. The van der Waals surface area contributed by atoms with Crippen molar-refractivity contribution >= 4 is 44.2 Å². The van der Waals surface area contributed by atoms with Crippen LogP contribution in [0.2, 0.25) is 0 Å². The largest absolute Gasteiger partial charge is 0.497 e. The molecule has 7 heteroatoms. The Labute approximate surface area is 148 Å². The Balaban J connectivity index is 1.71. The highest BCUT2D eigenvalue weighted by Crippen LogP contribution is 2.28. The Morgan fingerprint density at radius 2 is 2.00 bits per heavy atom. The molecule has 0 saturated carbocycles. The minimum atomic E-state index is -0.144. The van der Waals surface area contributed by atoms with Gasteiger partial charge in [-0.05, 0) is 35.9 Å². The van der Waals surface area contributed by atoms with Gasteiger partial charge in [-0.25, -0.2) is 4.98 Å². The third-order valence-corrected chi connectivity index (χ3v) is 4.39. The first-order valence-electron chi connectivity index (χ1n) is 7.64. The van der Waals surface area contributed by atoms with Crippen LogP contribution in [0.5, 0.6) is 5.75 Å². The minimum Gasteiger partial charge on any atom is -0.497 e. The van der Waals surface area contributed by atoms with E-state index in [0.717, 1.165) is 21.5 Å². The zero-order valence-corrected chi connectivity index (χ0v) is 14.6. The molecule has 0 saturated heterocycles. The predicted molar refractivity (Wildman–Crippen MR) is 99.3 cm³/mol. The van der Waals surface area contributed by atoms with Crippen LogP contribution in [0.25, 0.3) is 10.2 Å². The molecule has 1 aromatic heterocycles. The molecular formula is C18H17N3O3S. The number of carbonyl (C=O) groups is 2. The second-order valence-corrected chi connectivity index (χ2v) is 6.49. The monoisotopic (exact) mass is 355 g/mol. The maximum atomic E-state index is 12.2. The zero-order valence-electron chi connectivity index (χ0n) is 13.8. The number of rotatable bonds is 5. The normalized spacial score (nSPS) is 10.5. The number of benzene rings is 2. The van der Waals surface area contributed by atoms with Gasteiger partial charge in [0.1, 0.15) is 5.75 Å². The number of aromatic nitrogens is 1. The number of methoxy groups -OCH3 is 1. The summed E-state index contributed by atoms with van der Waals surface area (Å²) in [4.78, 5) is 27.8. The number of ether oxygens (including phenoxy) is 1. The van der Waals surface area contributed by atoms with Crippen LogP contribution < -0.4 is 15.4 Å². The first-order valence-corrected chi connectivity index (χ1v) is 8.46.